The Hall–Kier alpha value is -2.20. The number of pyridine rings is 2. The number of rotatable bonds is 4. The standard InChI is InChI=1S/C15H15N3O/c16-5-1-2-12-8-11(3-7-18-12)14-10-19-15-4-6-17-9-13(14)15/h3-4,6-10H,1-2,5,16H2. The summed E-state index contributed by atoms with van der Waals surface area (Å²) in [4.78, 5) is 8.52. The van der Waals surface area contributed by atoms with Crippen molar-refractivity contribution in [2.24, 2.45) is 5.73 Å². The summed E-state index contributed by atoms with van der Waals surface area (Å²) in [6.07, 6.45) is 9.01. The van der Waals surface area contributed by atoms with Crippen LogP contribution >= 0.6 is 0 Å². The van der Waals surface area contributed by atoms with Crippen molar-refractivity contribution < 1.29 is 4.42 Å². The van der Waals surface area contributed by atoms with Crippen LogP contribution in [0.15, 0.2) is 47.5 Å². The van der Waals surface area contributed by atoms with Gasteiger partial charge in [0.25, 0.3) is 0 Å². The van der Waals surface area contributed by atoms with Crippen LogP contribution in [-0.2, 0) is 6.42 Å². The second-order valence-corrected chi connectivity index (χ2v) is 4.45. The van der Waals surface area contributed by atoms with Crippen molar-refractivity contribution in [3.8, 4) is 11.1 Å². The monoisotopic (exact) mass is 253 g/mol. The molecule has 19 heavy (non-hydrogen) atoms. The molecule has 0 bridgehead atoms. The SMILES string of the molecule is NCCCc1cc(-c2coc3ccncc23)ccn1. The third kappa shape index (κ3) is 2.35. The van der Waals surface area contributed by atoms with Gasteiger partial charge >= 0.3 is 0 Å². The van der Waals surface area contributed by atoms with E-state index in [1.165, 1.54) is 0 Å². The average Bonchev–Trinajstić information content (AvgIpc) is 2.89. The fraction of sp³-hybridized carbons (Fsp3) is 0.200. The Bertz CT molecular complexity index is 690. The zero-order chi connectivity index (χ0) is 13.1. The van der Waals surface area contributed by atoms with E-state index in [0.717, 1.165) is 40.6 Å². The zero-order valence-corrected chi connectivity index (χ0v) is 10.5. The smallest absolute Gasteiger partial charge is 0.137 e. The summed E-state index contributed by atoms with van der Waals surface area (Å²) in [5.74, 6) is 0. The van der Waals surface area contributed by atoms with Gasteiger partial charge in [-0.3, -0.25) is 9.97 Å². The Balaban J connectivity index is 2.01. The van der Waals surface area contributed by atoms with Gasteiger partial charge in [0.15, 0.2) is 0 Å². The van der Waals surface area contributed by atoms with Gasteiger partial charge < -0.3 is 10.2 Å². The third-order valence-electron chi connectivity index (χ3n) is 3.14. The maximum Gasteiger partial charge on any atom is 0.137 e. The lowest BCUT2D eigenvalue weighted by Gasteiger charge is -2.02. The van der Waals surface area contributed by atoms with Crippen LogP contribution in [0.4, 0.5) is 0 Å². The molecule has 0 aromatic carbocycles. The van der Waals surface area contributed by atoms with Gasteiger partial charge in [-0.2, -0.15) is 0 Å². The van der Waals surface area contributed by atoms with E-state index >= 15 is 0 Å². The van der Waals surface area contributed by atoms with Crippen molar-refractivity contribution in [1.82, 2.24) is 9.97 Å². The molecule has 0 radical (unpaired) electrons. The molecule has 0 atom stereocenters. The molecule has 4 heteroatoms. The summed E-state index contributed by atoms with van der Waals surface area (Å²) in [6, 6.07) is 5.95. The van der Waals surface area contributed by atoms with Crippen LogP contribution in [-0.4, -0.2) is 16.5 Å². The summed E-state index contributed by atoms with van der Waals surface area (Å²) in [7, 11) is 0. The van der Waals surface area contributed by atoms with E-state index in [4.69, 9.17) is 10.2 Å². The zero-order valence-electron chi connectivity index (χ0n) is 10.5. The highest BCUT2D eigenvalue weighted by molar-refractivity contribution is 5.93. The van der Waals surface area contributed by atoms with Crippen LogP contribution in [0, 0.1) is 0 Å². The van der Waals surface area contributed by atoms with Crippen molar-refractivity contribution in [2.75, 3.05) is 6.54 Å². The first-order valence-electron chi connectivity index (χ1n) is 6.35. The number of hydrogen-bond acceptors (Lipinski definition) is 4. The van der Waals surface area contributed by atoms with Gasteiger partial charge in [-0.05, 0) is 43.1 Å². The highest BCUT2D eigenvalue weighted by Gasteiger charge is 2.08. The Kier molecular flexibility index (Phi) is 3.25. The summed E-state index contributed by atoms with van der Waals surface area (Å²) < 4.78 is 5.54. The van der Waals surface area contributed by atoms with Crippen molar-refractivity contribution >= 4 is 11.0 Å². The average molecular weight is 253 g/mol. The molecule has 3 aromatic rings. The predicted molar refractivity (Wildman–Crippen MR) is 74.6 cm³/mol. The van der Waals surface area contributed by atoms with E-state index in [2.05, 4.69) is 16.0 Å². The number of nitrogens with zero attached hydrogens (tertiary/aromatic N) is 2. The van der Waals surface area contributed by atoms with E-state index in [1.54, 1.807) is 12.5 Å². The first-order valence-corrected chi connectivity index (χ1v) is 6.35. The lowest BCUT2D eigenvalue weighted by atomic mass is 10.1. The molecule has 0 aliphatic heterocycles. The van der Waals surface area contributed by atoms with Gasteiger partial charge in [0.05, 0.1) is 6.26 Å². The van der Waals surface area contributed by atoms with Crippen LogP contribution in [0.5, 0.6) is 0 Å². The summed E-state index contributed by atoms with van der Waals surface area (Å²) in [5.41, 5.74) is 9.60. The first-order chi connectivity index (χ1) is 9.38. The number of aromatic nitrogens is 2. The van der Waals surface area contributed by atoms with Gasteiger partial charge in [-0.25, -0.2) is 0 Å². The minimum atomic E-state index is 0.685. The Morgan fingerprint density at radius 1 is 1.21 bits per heavy atom. The van der Waals surface area contributed by atoms with Crippen LogP contribution in [0.25, 0.3) is 22.1 Å². The van der Waals surface area contributed by atoms with Crippen LogP contribution in [0.1, 0.15) is 12.1 Å². The first kappa shape index (κ1) is 11.9. The second-order valence-electron chi connectivity index (χ2n) is 4.45. The Labute approximate surface area is 111 Å². The molecule has 0 saturated heterocycles. The molecule has 3 heterocycles. The predicted octanol–water partition coefficient (Wildman–Crippen LogP) is 2.78. The minimum absolute atomic E-state index is 0.685. The number of fused-ring (bicyclic) bond motifs is 1. The number of nitrogens with two attached hydrogens (primary N) is 1. The lowest BCUT2D eigenvalue weighted by molar-refractivity contribution is 0.616. The minimum Gasteiger partial charge on any atom is -0.464 e. The highest BCUT2D eigenvalue weighted by atomic mass is 16.3. The molecule has 3 rings (SSSR count). The van der Waals surface area contributed by atoms with Gasteiger partial charge in [-0.15, -0.1) is 0 Å². The molecule has 0 saturated carbocycles. The van der Waals surface area contributed by atoms with E-state index in [1.807, 2.05) is 24.5 Å². The molecule has 2 N–H and O–H groups in total. The van der Waals surface area contributed by atoms with E-state index < -0.39 is 0 Å². The second kappa shape index (κ2) is 5.20. The van der Waals surface area contributed by atoms with Gasteiger partial charge in [0.1, 0.15) is 5.58 Å². The highest BCUT2D eigenvalue weighted by Crippen LogP contribution is 2.29. The third-order valence-corrected chi connectivity index (χ3v) is 3.14. The molecule has 0 spiro atoms. The summed E-state index contributed by atoms with van der Waals surface area (Å²) >= 11 is 0. The van der Waals surface area contributed by atoms with E-state index in [0.29, 0.717) is 6.54 Å². The quantitative estimate of drug-likeness (QED) is 0.776. The van der Waals surface area contributed by atoms with Gasteiger partial charge in [0, 0.05) is 35.2 Å². The fourth-order valence-electron chi connectivity index (χ4n) is 2.16. The molecule has 0 unspecified atom stereocenters. The maximum absolute atomic E-state index is 5.54. The van der Waals surface area contributed by atoms with Crippen LogP contribution in [0.2, 0.25) is 0 Å². The van der Waals surface area contributed by atoms with Crippen LogP contribution in [0.3, 0.4) is 0 Å². The summed E-state index contributed by atoms with van der Waals surface area (Å²) in [6.45, 7) is 0.685. The lowest BCUT2D eigenvalue weighted by Crippen LogP contribution is -2.01. The normalized spacial score (nSPS) is 11.0. The molecule has 96 valence electrons. The van der Waals surface area contributed by atoms with E-state index in [-0.39, 0.29) is 0 Å². The van der Waals surface area contributed by atoms with Crippen molar-refractivity contribution in [2.45, 2.75) is 12.8 Å². The molecular weight excluding hydrogens is 238 g/mol. The van der Waals surface area contributed by atoms with Gasteiger partial charge in [0.2, 0.25) is 0 Å². The molecule has 3 aromatic heterocycles. The molecular formula is C15H15N3O. The largest absolute Gasteiger partial charge is 0.464 e. The number of aryl methyl sites for hydroxylation is 1. The molecule has 0 fully saturated rings. The molecule has 0 amide bonds. The van der Waals surface area contributed by atoms with E-state index in [9.17, 15) is 0 Å². The van der Waals surface area contributed by atoms with Crippen molar-refractivity contribution in [3.05, 3.63) is 48.7 Å². The van der Waals surface area contributed by atoms with Crippen molar-refractivity contribution in [1.29, 1.82) is 0 Å². The van der Waals surface area contributed by atoms with Gasteiger partial charge in [-0.1, -0.05) is 0 Å². The molecule has 4 nitrogen and oxygen atoms in total. The molecule has 0 aliphatic carbocycles. The molecule has 0 aliphatic rings. The maximum atomic E-state index is 5.54. The Morgan fingerprint density at radius 3 is 3.05 bits per heavy atom. The van der Waals surface area contributed by atoms with Crippen LogP contribution < -0.4 is 5.73 Å². The fourth-order valence-corrected chi connectivity index (χ4v) is 2.16. The summed E-state index contributed by atoms with van der Waals surface area (Å²) in [5, 5.41) is 1.03. The Morgan fingerprint density at radius 2 is 2.16 bits per heavy atom. The number of hydrogen-bond donors (Lipinski definition) is 1. The van der Waals surface area contributed by atoms with Crippen molar-refractivity contribution in [3.63, 3.8) is 0 Å². The topological polar surface area (TPSA) is 64.9 Å². The number of furan rings is 1.